The summed E-state index contributed by atoms with van der Waals surface area (Å²) < 4.78 is 25.4. The Morgan fingerprint density at radius 3 is 2.69 bits per heavy atom. The lowest BCUT2D eigenvalue weighted by Crippen LogP contribution is -1.96. The first-order valence-electron chi connectivity index (χ1n) is 3.49. The summed E-state index contributed by atoms with van der Waals surface area (Å²) in [5.74, 6) is 3.00. The molecule has 0 aromatic heterocycles. The fourth-order valence-electron chi connectivity index (χ4n) is 0.823. The maximum absolute atomic E-state index is 12.8. The summed E-state index contributed by atoms with van der Waals surface area (Å²) in [5, 5.41) is 8.36. The number of aliphatic hydroxyl groups excluding tert-OH is 1. The van der Waals surface area contributed by atoms with Gasteiger partial charge in [0.05, 0.1) is 11.3 Å². The predicted molar refractivity (Wildman–Crippen MR) is 44.7 cm³/mol. The largest absolute Gasteiger partial charge is 0.395 e. The first-order valence-corrected chi connectivity index (χ1v) is 3.49. The van der Waals surface area contributed by atoms with Crippen LogP contribution in [0.4, 0.5) is 14.5 Å². The van der Waals surface area contributed by atoms with Crippen molar-refractivity contribution in [2.24, 2.45) is 0 Å². The van der Waals surface area contributed by atoms with Crippen LogP contribution < -0.4 is 5.73 Å². The van der Waals surface area contributed by atoms with Crippen LogP contribution in [0, 0.1) is 23.5 Å². The van der Waals surface area contributed by atoms with Crippen LogP contribution in [0.2, 0.25) is 0 Å². The maximum Gasteiger partial charge on any atom is 0.150 e. The molecule has 1 aromatic rings. The average molecular weight is 183 g/mol. The molecule has 4 heteroatoms. The SMILES string of the molecule is Nc1c(F)cc(F)cc1C#CCO. The van der Waals surface area contributed by atoms with Gasteiger partial charge >= 0.3 is 0 Å². The first-order chi connectivity index (χ1) is 6.15. The minimum absolute atomic E-state index is 0.0477. The van der Waals surface area contributed by atoms with Gasteiger partial charge in [0, 0.05) is 6.07 Å². The number of hydrogen-bond acceptors (Lipinski definition) is 2. The Hall–Kier alpha value is -1.60. The molecule has 0 heterocycles. The molecule has 1 rings (SSSR count). The molecule has 0 saturated heterocycles. The Kier molecular flexibility index (Phi) is 2.83. The predicted octanol–water partition coefficient (Wildman–Crippen LogP) is 0.891. The molecule has 0 radical (unpaired) electrons. The summed E-state index contributed by atoms with van der Waals surface area (Å²) in [7, 11) is 0. The number of halogens is 2. The Labute approximate surface area is 74.0 Å². The van der Waals surface area contributed by atoms with Gasteiger partial charge in [-0.3, -0.25) is 0 Å². The highest BCUT2D eigenvalue weighted by molar-refractivity contribution is 5.56. The smallest absolute Gasteiger partial charge is 0.150 e. The van der Waals surface area contributed by atoms with Gasteiger partial charge in [0.2, 0.25) is 0 Å². The van der Waals surface area contributed by atoms with E-state index in [1.54, 1.807) is 0 Å². The van der Waals surface area contributed by atoms with Gasteiger partial charge in [-0.1, -0.05) is 11.8 Å². The molecule has 0 saturated carbocycles. The molecule has 0 unspecified atom stereocenters. The number of nitrogens with two attached hydrogens (primary N) is 1. The van der Waals surface area contributed by atoms with E-state index in [0.717, 1.165) is 6.07 Å². The second-order valence-corrected chi connectivity index (χ2v) is 2.31. The Morgan fingerprint density at radius 2 is 2.08 bits per heavy atom. The third kappa shape index (κ3) is 2.17. The third-order valence-electron chi connectivity index (χ3n) is 1.40. The molecule has 0 aliphatic carbocycles. The molecule has 0 aliphatic rings. The summed E-state index contributed by atoms with van der Waals surface area (Å²) >= 11 is 0. The first kappa shape index (κ1) is 9.49. The second kappa shape index (κ2) is 3.87. The van der Waals surface area contributed by atoms with Crippen molar-refractivity contribution >= 4 is 5.69 Å². The van der Waals surface area contributed by atoms with Gasteiger partial charge in [-0.25, -0.2) is 8.78 Å². The van der Waals surface area contributed by atoms with Crippen molar-refractivity contribution in [2.75, 3.05) is 12.3 Å². The van der Waals surface area contributed by atoms with Crippen molar-refractivity contribution in [1.82, 2.24) is 0 Å². The van der Waals surface area contributed by atoms with Gasteiger partial charge in [0.15, 0.2) is 0 Å². The highest BCUT2D eigenvalue weighted by Gasteiger charge is 2.05. The lowest BCUT2D eigenvalue weighted by molar-refractivity contribution is 0.350. The van der Waals surface area contributed by atoms with E-state index in [1.807, 2.05) is 0 Å². The standard InChI is InChI=1S/C9H7F2NO/c10-7-4-6(2-1-3-13)9(12)8(11)5-7/h4-5,13H,3,12H2. The zero-order valence-corrected chi connectivity index (χ0v) is 6.64. The van der Waals surface area contributed by atoms with E-state index in [2.05, 4.69) is 11.8 Å². The van der Waals surface area contributed by atoms with Gasteiger partial charge in [-0.05, 0) is 6.07 Å². The monoisotopic (exact) mass is 183 g/mol. The van der Waals surface area contributed by atoms with E-state index in [4.69, 9.17) is 10.8 Å². The van der Waals surface area contributed by atoms with Gasteiger partial charge in [-0.2, -0.15) is 0 Å². The number of nitrogen functional groups attached to an aromatic ring is 1. The van der Waals surface area contributed by atoms with Crippen molar-refractivity contribution in [3.05, 3.63) is 29.3 Å². The molecular formula is C9H7F2NO. The topological polar surface area (TPSA) is 46.2 Å². The number of anilines is 1. The highest BCUT2D eigenvalue weighted by Crippen LogP contribution is 2.16. The molecule has 2 nitrogen and oxygen atoms in total. The molecule has 0 aliphatic heterocycles. The van der Waals surface area contributed by atoms with E-state index in [0.29, 0.717) is 6.07 Å². The van der Waals surface area contributed by atoms with E-state index in [1.165, 1.54) is 0 Å². The molecule has 3 N–H and O–H groups in total. The van der Waals surface area contributed by atoms with Gasteiger partial charge in [0.25, 0.3) is 0 Å². The van der Waals surface area contributed by atoms with Crippen molar-refractivity contribution < 1.29 is 13.9 Å². The van der Waals surface area contributed by atoms with E-state index < -0.39 is 11.6 Å². The summed E-state index contributed by atoms with van der Waals surface area (Å²) in [6.45, 7) is -0.377. The minimum Gasteiger partial charge on any atom is -0.395 e. The van der Waals surface area contributed by atoms with E-state index >= 15 is 0 Å². The summed E-state index contributed by atoms with van der Waals surface area (Å²) in [6, 6.07) is 1.69. The summed E-state index contributed by atoms with van der Waals surface area (Å²) in [5.41, 5.74) is 5.11. The lowest BCUT2D eigenvalue weighted by atomic mass is 10.1. The van der Waals surface area contributed by atoms with Crippen LogP contribution in [0.1, 0.15) is 5.56 Å². The minimum atomic E-state index is -0.845. The van der Waals surface area contributed by atoms with Crippen LogP contribution in [-0.2, 0) is 0 Å². The Morgan fingerprint density at radius 1 is 1.38 bits per heavy atom. The number of benzene rings is 1. The molecule has 13 heavy (non-hydrogen) atoms. The molecular weight excluding hydrogens is 176 g/mol. The van der Waals surface area contributed by atoms with Crippen LogP contribution >= 0.6 is 0 Å². The van der Waals surface area contributed by atoms with Crippen LogP contribution in [-0.4, -0.2) is 11.7 Å². The van der Waals surface area contributed by atoms with Gasteiger partial charge in [0.1, 0.15) is 18.2 Å². The number of hydrogen-bond donors (Lipinski definition) is 2. The zero-order chi connectivity index (χ0) is 9.84. The molecule has 0 bridgehead atoms. The third-order valence-corrected chi connectivity index (χ3v) is 1.40. The molecule has 68 valence electrons. The number of rotatable bonds is 0. The van der Waals surface area contributed by atoms with Crippen LogP contribution in [0.15, 0.2) is 12.1 Å². The fraction of sp³-hybridized carbons (Fsp3) is 0.111. The quantitative estimate of drug-likeness (QED) is 0.463. The number of aliphatic hydroxyl groups is 1. The average Bonchev–Trinajstić information content (AvgIpc) is 2.09. The van der Waals surface area contributed by atoms with Crippen molar-refractivity contribution in [2.45, 2.75) is 0 Å². The van der Waals surface area contributed by atoms with Crippen molar-refractivity contribution in [3.8, 4) is 11.8 Å². The maximum atomic E-state index is 12.8. The lowest BCUT2D eigenvalue weighted by Gasteiger charge is -1.99. The van der Waals surface area contributed by atoms with Crippen molar-refractivity contribution in [3.63, 3.8) is 0 Å². The van der Waals surface area contributed by atoms with Crippen molar-refractivity contribution in [1.29, 1.82) is 0 Å². The van der Waals surface area contributed by atoms with Crippen LogP contribution in [0.5, 0.6) is 0 Å². The molecule has 0 spiro atoms. The molecule has 0 atom stereocenters. The fourth-order valence-corrected chi connectivity index (χ4v) is 0.823. The van der Waals surface area contributed by atoms with Gasteiger partial charge in [-0.15, -0.1) is 0 Å². The molecule has 0 amide bonds. The van der Waals surface area contributed by atoms with Crippen LogP contribution in [0.25, 0.3) is 0 Å². The second-order valence-electron chi connectivity index (χ2n) is 2.31. The van der Waals surface area contributed by atoms with E-state index in [-0.39, 0.29) is 17.9 Å². The summed E-state index contributed by atoms with van der Waals surface area (Å²) in [6.07, 6.45) is 0. The normalized spacial score (nSPS) is 9.15. The van der Waals surface area contributed by atoms with E-state index in [9.17, 15) is 8.78 Å². The molecule has 0 fully saturated rings. The Balaban J connectivity index is 3.20. The van der Waals surface area contributed by atoms with Gasteiger partial charge < -0.3 is 10.8 Å². The Bertz CT molecular complexity index is 379. The highest BCUT2D eigenvalue weighted by atomic mass is 19.1. The van der Waals surface area contributed by atoms with Crippen LogP contribution in [0.3, 0.4) is 0 Å². The summed E-state index contributed by atoms with van der Waals surface area (Å²) in [4.78, 5) is 0. The molecule has 1 aromatic carbocycles. The zero-order valence-electron chi connectivity index (χ0n) is 6.64.